The third-order valence-corrected chi connectivity index (χ3v) is 1.79. The van der Waals surface area contributed by atoms with Crippen molar-refractivity contribution < 1.29 is 5.11 Å². The molecule has 0 radical (unpaired) electrons. The Kier molecular flexibility index (Phi) is 1.55. The van der Waals surface area contributed by atoms with Gasteiger partial charge in [-0.25, -0.2) is 9.97 Å². The summed E-state index contributed by atoms with van der Waals surface area (Å²) < 4.78 is 0. The first-order chi connectivity index (χ1) is 5.81. The van der Waals surface area contributed by atoms with E-state index in [9.17, 15) is 0 Å². The van der Waals surface area contributed by atoms with E-state index in [1.165, 1.54) is 0 Å². The molecule has 0 spiro atoms. The fourth-order valence-electron chi connectivity index (χ4n) is 1.16. The number of aromatic amines is 1. The minimum Gasteiger partial charge on any atom is -0.388 e. The minimum atomic E-state index is -0.0736. The lowest BCUT2D eigenvalue weighted by Crippen LogP contribution is -1.83. The third kappa shape index (κ3) is 0.967. The van der Waals surface area contributed by atoms with Crippen molar-refractivity contribution in [1.29, 1.82) is 0 Å². The molecule has 0 amide bonds. The Balaban J connectivity index is 2.74. The van der Waals surface area contributed by atoms with Crippen LogP contribution < -0.4 is 0 Å². The first-order valence-corrected chi connectivity index (χ1v) is 3.72. The third-order valence-electron chi connectivity index (χ3n) is 1.79. The molecule has 0 aliphatic rings. The van der Waals surface area contributed by atoms with Crippen LogP contribution in [0.2, 0.25) is 0 Å². The Labute approximate surface area is 69.3 Å². The molecule has 12 heavy (non-hydrogen) atoms. The quantitative estimate of drug-likeness (QED) is 0.652. The van der Waals surface area contributed by atoms with Gasteiger partial charge in [-0.3, -0.25) is 0 Å². The van der Waals surface area contributed by atoms with E-state index in [4.69, 9.17) is 5.11 Å². The minimum absolute atomic E-state index is 0.0736. The van der Waals surface area contributed by atoms with Crippen LogP contribution in [0, 0.1) is 6.92 Å². The molecule has 0 bridgehead atoms. The van der Waals surface area contributed by atoms with E-state index in [0.29, 0.717) is 5.82 Å². The molecule has 4 nitrogen and oxygen atoms in total. The van der Waals surface area contributed by atoms with Crippen LogP contribution in [-0.2, 0) is 6.61 Å². The molecule has 0 aliphatic heterocycles. The van der Waals surface area contributed by atoms with E-state index in [-0.39, 0.29) is 6.61 Å². The number of hydrogen-bond donors (Lipinski definition) is 2. The maximum Gasteiger partial charge on any atom is 0.157 e. The van der Waals surface area contributed by atoms with Crippen molar-refractivity contribution in [3.63, 3.8) is 0 Å². The Bertz CT molecular complexity index is 408. The molecule has 2 aromatic heterocycles. The second-order valence-corrected chi connectivity index (χ2v) is 2.67. The van der Waals surface area contributed by atoms with Gasteiger partial charge in [0.25, 0.3) is 0 Å². The van der Waals surface area contributed by atoms with Crippen LogP contribution in [0.1, 0.15) is 11.4 Å². The Hall–Kier alpha value is -1.42. The van der Waals surface area contributed by atoms with Crippen molar-refractivity contribution in [3.8, 4) is 0 Å². The van der Waals surface area contributed by atoms with Gasteiger partial charge in [0, 0.05) is 6.20 Å². The number of rotatable bonds is 1. The lowest BCUT2D eigenvalue weighted by atomic mass is 10.3. The number of aliphatic hydroxyl groups is 1. The number of hydrogen-bond acceptors (Lipinski definition) is 3. The summed E-state index contributed by atoms with van der Waals surface area (Å²) in [6.07, 6.45) is 1.72. The van der Waals surface area contributed by atoms with Crippen molar-refractivity contribution in [2.45, 2.75) is 13.5 Å². The van der Waals surface area contributed by atoms with Crippen LogP contribution in [-0.4, -0.2) is 20.1 Å². The number of pyridine rings is 1. The smallest absolute Gasteiger partial charge is 0.157 e. The van der Waals surface area contributed by atoms with Crippen molar-refractivity contribution in [1.82, 2.24) is 15.0 Å². The lowest BCUT2D eigenvalue weighted by molar-refractivity contribution is 0.273. The normalized spacial score (nSPS) is 10.8. The molecule has 0 saturated carbocycles. The number of imidazole rings is 1. The summed E-state index contributed by atoms with van der Waals surface area (Å²) in [5.41, 5.74) is 2.64. The maximum absolute atomic E-state index is 8.81. The van der Waals surface area contributed by atoms with Gasteiger partial charge >= 0.3 is 0 Å². The first kappa shape index (κ1) is 7.24. The number of fused-ring (bicyclic) bond motifs is 1. The average molecular weight is 163 g/mol. The molecule has 0 saturated heterocycles. The van der Waals surface area contributed by atoms with Gasteiger partial charge in [0.1, 0.15) is 17.9 Å². The molecule has 0 aliphatic carbocycles. The van der Waals surface area contributed by atoms with Crippen molar-refractivity contribution in [2.24, 2.45) is 0 Å². The lowest BCUT2D eigenvalue weighted by Gasteiger charge is -1.89. The summed E-state index contributed by atoms with van der Waals surface area (Å²) in [7, 11) is 0. The van der Waals surface area contributed by atoms with Gasteiger partial charge in [-0.15, -0.1) is 0 Å². The van der Waals surface area contributed by atoms with Crippen LogP contribution in [0.15, 0.2) is 12.3 Å². The zero-order valence-electron chi connectivity index (χ0n) is 6.70. The molecule has 0 atom stereocenters. The summed E-state index contributed by atoms with van der Waals surface area (Å²) in [5.74, 6) is 0.562. The monoisotopic (exact) mass is 163 g/mol. The molecule has 2 N–H and O–H groups in total. The second-order valence-electron chi connectivity index (χ2n) is 2.67. The van der Waals surface area contributed by atoms with Gasteiger partial charge in [0.05, 0.1) is 0 Å². The molecule has 0 fully saturated rings. The highest BCUT2D eigenvalue weighted by Crippen LogP contribution is 2.12. The van der Waals surface area contributed by atoms with Crippen LogP contribution in [0.3, 0.4) is 0 Å². The van der Waals surface area contributed by atoms with Gasteiger partial charge in [0.2, 0.25) is 0 Å². The van der Waals surface area contributed by atoms with E-state index in [1.54, 1.807) is 6.20 Å². The highest BCUT2D eigenvalue weighted by molar-refractivity contribution is 5.74. The highest BCUT2D eigenvalue weighted by Gasteiger charge is 2.03. The first-order valence-electron chi connectivity index (χ1n) is 3.72. The van der Waals surface area contributed by atoms with Gasteiger partial charge < -0.3 is 10.1 Å². The van der Waals surface area contributed by atoms with E-state index >= 15 is 0 Å². The standard InChI is InChI=1S/C8H9N3O/c1-5-2-3-9-8-7(5)10-6(4-12)11-8/h2-3,12H,4H2,1H3,(H,9,10,11). The number of nitrogens with one attached hydrogen (secondary N) is 1. The van der Waals surface area contributed by atoms with Gasteiger partial charge in [-0.1, -0.05) is 0 Å². The van der Waals surface area contributed by atoms with Crippen LogP contribution >= 0.6 is 0 Å². The molecular weight excluding hydrogens is 154 g/mol. The Morgan fingerprint density at radius 1 is 1.58 bits per heavy atom. The average Bonchev–Trinajstić information content (AvgIpc) is 2.49. The number of aromatic nitrogens is 3. The maximum atomic E-state index is 8.81. The van der Waals surface area contributed by atoms with E-state index in [2.05, 4.69) is 15.0 Å². The van der Waals surface area contributed by atoms with Crippen molar-refractivity contribution >= 4 is 11.2 Å². The fraction of sp³-hybridized carbons (Fsp3) is 0.250. The number of H-pyrrole nitrogens is 1. The molecule has 2 aromatic rings. The zero-order valence-corrected chi connectivity index (χ0v) is 6.70. The van der Waals surface area contributed by atoms with Crippen LogP contribution in [0.4, 0.5) is 0 Å². The number of aryl methyl sites for hydroxylation is 1. The molecule has 2 rings (SSSR count). The predicted octanol–water partition coefficient (Wildman–Crippen LogP) is 0.759. The fourth-order valence-corrected chi connectivity index (χ4v) is 1.16. The molecule has 4 heteroatoms. The van der Waals surface area contributed by atoms with Crippen molar-refractivity contribution in [3.05, 3.63) is 23.7 Å². The van der Waals surface area contributed by atoms with E-state index in [0.717, 1.165) is 16.7 Å². The van der Waals surface area contributed by atoms with Crippen LogP contribution in [0.25, 0.3) is 11.2 Å². The summed E-state index contributed by atoms with van der Waals surface area (Å²) in [6, 6.07) is 1.89. The number of nitrogens with zero attached hydrogens (tertiary/aromatic N) is 2. The summed E-state index contributed by atoms with van der Waals surface area (Å²) in [6.45, 7) is 1.89. The summed E-state index contributed by atoms with van der Waals surface area (Å²) in [4.78, 5) is 11.2. The summed E-state index contributed by atoms with van der Waals surface area (Å²) >= 11 is 0. The van der Waals surface area contributed by atoms with Gasteiger partial charge in [-0.2, -0.15) is 0 Å². The second kappa shape index (κ2) is 2.57. The predicted molar refractivity (Wildman–Crippen MR) is 44.5 cm³/mol. The molecule has 0 unspecified atom stereocenters. The SMILES string of the molecule is Cc1ccnc2[nH]c(CO)nc12. The Morgan fingerprint density at radius 2 is 2.42 bits per heavy atom. The molecular formula is C8H9N3O. The topological polar surface area (TPSA) is 61.8 Å². The molecule has 62 valence electrons. The zero-order chi connectivity index (χ0) is 8.55. The van der Waals surface area contributed by atoms with Gasteiger partial charge in [-0.05, 0) is 18.6 Å². The number of aliphatic hydroxyl groups excluding tert-OH is 1. The van der Waals surface area contributed by atoms with E-state index < -0.39 is 0 Å². The van der Waals surface area contributed by atoms with Gasteiger partial charge in [0.15, 0.2) is 5.65 Å². The highest BCUT2D eigenvalue weighted by atomic mass is 16.3. The Morgan fingerprint density at radius 3 is 3.08 bits per heavy atom. The molecule has 2 heterocycles. The van der Waals surface area contributed by atoms with Crippen molar-refractivity contribution in [2.75, 3.05) is 0 Å². The van der Waals surface area contributed by atoms with Crippen LogP contribution in [0.5, 0.6) is 0 Å². The summed E-state index contributed by atoms with van der Waals surface area (Å²) in [5, 5.41) is 8.81. The largest absolute Gasteiger partial charge is 0.388 e. The molecule has 0 aromatic carbocycles. The van der Waals surface area contributed by atoms with E-state index in [1.807, 2.05) is 13.0 Å².